The van der Waals surface area contributed by atoms with Gasteiger partial charge in [0.1, 0.15) is 82.8 Å². The van der Waals surface area contributed by atoms with Gasteiger partial charge in [-0.15, -0.1) is 0 Å². The molecule has 0 radical (unpaired) electrons. The number of carbonyl (C=O) groups is 5. The average Bonchev–Trinajstić information content (AvgIpc) is 1.37. The molecule has 9 aliphatic heterocycles. The number of nitrogens with one attached hydrogen (secondary N) is 4. The second kappa shape index (κ2) is 42.0. The van der Waals surface area contributed by atoms with E-state index in [-0.39, 0.29) is 102 Å². The minimum atomic E-state index is -3.52. The van der Waals surface area contributed by atoms with Gasteiger partial charge < -0.3 is 74.2 Å². The number of halogens is 4. The van der Waals surface area contributed by atoms with Gasteiger partial charge in [-0.3, -0.25) is 38.7 Å². The highest BCUT2D eigenvalue weighted by Gasteiger charge is 2.51. The fraction of sp³-hybridized carbons (Fsp3) is 0.456. The number of likely N-dealkylation sites (tertiary alicyclic amines) is 2. The zero-order chi connectivity index (χ0) is 96.6. The van der Waals surface area contributed by atoms with Gasteiger partial charge in [0, 0.05) is 209 Å². The van der Waals surface area contributed by atoms with Crippen LogP contribution in [-0.2, 0) is 38.2 Å². The number of benzene rings is 6. The summed E-state index contributed by atoms with van der Waals surface area (Å²) in [4.78, 5) is 106. The molecule has 7 atom stereocenters. The third-order valence-electron chi connectivity index (χ3n) is 28.0. The minimum Gasteiger partial charge on any atom is -0.487 e. The van der Waals surface area contributed by atoms with E-state index in [1.807, 2.05) is 70.2 Å². The molecule has 6 aromatic carbocycles. The number of rotatable bonds is 23. The van der Waals surface area contributed by atoms with Gasteiger partial charge in [-0.05, 0) is 158 Å². The lowest BCUT2D eigenvalue weighted by Crippen LogP contribution is -2.59. The van der Waals surface area contributed by atoms with Gasteiger partial charge in [-0.2, -0.15) is 24.6 Å². The van der Waals surface area contributed by atoms with Crippen molar-refractivity contribution in [2.75, 3.05) is 182 Å². The quantitative estimate of drug-likeness (QED) is 0.0432. The Morgan fingerprint density at radius 1 is 0.446 bits per heavy atom. The number of hydrogen-bond donors (Lipinski definition) is 4. The lowest BCUT2D eigenvalue weighted by Gasteiger charge is -2.46. The molecule has 20 rings (SSSR count). The summed E-state index contributed by atoms with van der Waals surface area (Å²) in [5, 5.41) is 41.9. The van der Waals surface area contributed by atoms with Crippen LogP contribution in [0.15, 0.2) is 164 Å². The number of anilines is 9. The summed E-state index contributed by atoms with van der Waals surface area (Å²) in [5.74, 6) is -2.00. The number of amides is 3. The third kappa shape index (κ3) is 22.6. The van der Waals surface area contributed by atoms with Gasteiger partial charge in [-0.1, -0.05) is 27.7 Å². The topological polar surface area (TPSA) is 363 Å². The summed E-state index contributed by atoms with van der Waals surface area (Å²) < 4.78 is 93.0. The predicted molar refractivity (Wildman–Crippen MR) is 512 cm³/mol. The van der Waals surface area contributed by atoms with Crippen molar-refractivity contribution in [1.29, 1.82) is 15.8 Å². The first-order chi connectivity index (χ1) is 67.2. The fourth-order valence-electron chi connectivity index (χ4n) is 19.9. The molecule has 0 spiro atoms. The molecule has 4 N–H and O–H groups in total. The van der Waals surface area contributed by atoms with Gasteiger partial charge >= 0.3 is 5.92 Å². The second-order valence-electron chi connectivity index (χ2n) is 38.8. The van der Waals surface area contributed by atoms with Crippen LogP contribution < -0.4 is 50.2 Å². The van der Waals surface area contributed by atoms with Gasteiger partial charge in [0.2, 0.25) is 11.8 Å². The molecule has 36 heteroatoms. The van der Waals surface area contributed by atoms with Gasteiger partial charge in [0.25, 0.3) is 5.91 Å². The first-order valence-corrected chi connectivity index (χ1v) is 47.7. The number of nitriles is 3. The highest BCUT2D eigenvalue weighted by atomic mass is 19.3. The van der Waals surface area contributed by atoms with Crippen LogP contribution in [0.25, 0.3) is 34.2 Å². The molecule has 11 aliphatic rings. The van der Waals surface area contributed by atoms with E-state index in [1.165, 1.54) is 32.9 Å². The highest BCUT2D eigenvalue weighted by molar-refractivity contribution is 5.91. The van der Waals surface area contributed by atoms with Crippen LogP contribution in [0.4, 0.5) is 69.1 Å². The molecule has 9 aromatic rings. The number of hydrogen-bond acceptors (Lipinski definition) is 29. The zero-order valence-electron chi connectivity index (χ0n) is 78.2. The smallest absolute Gasteiger partial charge is 0.328 e. The Kier molecular flexibility index (Phi) is 29.0. The summed E-state index contributed by atoms with van der Waals surface area (Å²) in [6.07, 6.45) is 0.875. The van der Waals surface area contributed by atoms with Crippen molar-refractivity contribution in [3.05, 3.63) is 181 Å². The minimum absolute atomic E-state index is 0.0638. The van der Waals surface area contributed by atoms with Crippen molar-refractivity contribution >= 4 is 80.9 Å². The Morgan fingerprint density at radius 2 is 0.770 bits per heavy atom. The number of carbonyl (C=O) groups excluding carboxylic acids is 5. The molecular weight excluding hydrogens is 1780 g/mol. The van der Waals surface area contributed by atoms with Crippen LogP contribution in [0, 0.1) is 56.7 Å². The second-order valence-corrected chi connectivity index (χ2v) is 38.8. The predicted octanol–water partition coefficient (Wildman–Crippen LogP) is 12.4. The molecule has 11 fully saturated rings. The van der Waals surface area contributed by atoms with Gasteiger partial charge in [0.05, 0.1) is 101 Å². The molecular formula is C103H113F4N21O11. The Bertz CT molecular complexity index is 5820. The lowest BCUT2D eigenvalue weighted by atomic mass is 9.79. The summed E-state index contributed by atoms with van der Waals surface area (Å²) in [6.45, 7) is 25.0. The van der Waals surface area contributed by atoms with E-state index in [9.17, 15) is 48.5 Å². The zero-order valence-corrected chi connectivity index (χ0v) is 78.2. The Labute approximate surface area is 804 Å². The van der Waals surface area contributed by atoms with E-state index in [4.69, 9.17) is 28.4 Å². The van der Waals surface area contributed by atoms with E-state index >= 15 is 8.78 Å². The van der Waals surface area contributed by atoms with Crippen molar-refractivity contribution in [1.82, 2.24) is 59.7 Å². The maximum Gasteiger partial charge on any atom is 0.328 e. The largest absolute Gasteiger partial charge is 0.487 e. The van der Waals surface area contributed by atoms with Crippen molar-refractivity contribution in [3.63, 3.8) is 0 Å². The maximum absolute atomic E-state index is 15.7. The molecule has 2 aliphatic carbocycles. The van der Waals surface area contributed by atoms with E-state index < -0.39 is 59.7 Å². The van der Waals surface area contributed by atoms with E-state index in [1.54, 1.807) is 85.3 Å². The molecule has 12 heterocycles. The molecule has 9 saturated heterocycles. The first-order valence-electron chi connectivity index (χ1n) is 47.7. The molecule has 3 aromatic heterocycles. The number of Topliss-reactive ketones (excluding diaryl/α,β-unsaturated/α-hetero) is 2. The van der Waals surface area contributed by atoms with Crippen LogP contribution in [-0.4, -0.2) is 289 Å². The van der Waals surface area contributed by atoms with Crippen molar-refractivity contribution in [2.45, 2.75) is 127 Å². The fourth-order valence-corrected chi connectivity index (χ4v) is 19.9. The molecule has 3 amide bonds. The van der Waals surface area contributed by atoms with Crippen LogP contribution in [0.2, 0.25) is 0 Å². The first kappa shape index (κ1) is 95.8. The van der Waals surface area contributed by atoms with Gasteiger partial charge in [-0.25, -0.2) is 38.7 Å². The molecule has 0 bridgehead atoms. The maximum atomic E-state index is 15.7. The Balaban J connectivity index is 0.000000139. The molecule has 139 heavy (non-hydrogen) atoms. The summed E-state index contributed by atoms with van der Waals surface area (Å²) in [6, 6.07) is 53.2. The SMILES string of the molecule is CC1(C)CN(C(=O)[C@@H]2CCC(=O)C2)C[C@@H](F)[C@H]1Oc1ccc(-c2nccc(Nc3ccc(N4CCN(C5COC5)CC4)cc3)n2)cc1C#N.CC1(C)CN(C(=O)[C@@H]2CCC(=O)C2)C[C@H](F)[C@@H]1Oc1ccc(-c2nccc(Nc3ccc(N4CCN(C5COC5)CC4)cc3)n2)cc1C#N.N#Cc1cc(-c2nccc(Nc3ccc(N4CCN(C5COC5)CC4)cc3)n2)ccc1OC1CNC(=O)C(F)(F)C1. The van der Waals surface area contributed by atoms with E-state index in [0.717, 1.165) is 135 Å². The van der Waals surface area contributed by atoms with Crippen LogP contribution in [0.1, 0.15) is 89.3 Å². The Hall–Kier alpha value is -13.5. The molecule has 2 saturated carbocycles. The van der Waals surface area contributed by atoms with Crippen LogP contribution in [0.3, 0.4) is 0 Å². The normalized spacial score (nSPS) is 23.3. The number of aromatic nitrogens is 6. The van der Waals surface area contributed by atoms with Crippen LogP contribution in [0.5, 0.6) is 17.2 Å². The highest BCUT2D eigenvalue weighted by Crippen LogP contribution is 2.43. The molecule has 1 unspecified atom stereocenters. The third-order valence-corrected chi connectivity index (χ3v) is 28.0. The number of ketones is 2. The van der Waals surface area contributed by atoms with E-state index in [0.29, 0.717) is 109 Å². The van der Waals surface area contributed by atoms with E-state index in [2.05, 4.69) is 129 Å². The number of piperidine rings is 3. The number of ether oxygens (including phenoxy) is 6. The summed E-state index contributed by atoms with van der Waals surface area (Å²) >= 11 is 0. The number of piperazine rings is 3. The molecule has 724 valence electrons. The summed E-state index contributed by atoms with van der Waals surface area (Å²) in [7, 11) is 0. The molecule has 32 nitrogen and oxygen atoms in total. The number of alkyl halides is 4. The summed E-state index contributed by atoms with van der Waals surface area (Å²) in [5.41, 5.74) is 7.20. The van der Waals surface area contributed by atoms with Crippen molar-refractivity contribution < 1.29 is 70.0 Å². The number of nitrogens with zero attached hydrogens (tertiary/aromatic N) is 17. The van der Waals surface area contributed by atoms with Crippen molar-refractivity contribution in [3.8, 4) is 69.6 Å². The Morgan fingerprint density at radius 3 is 1.05 bits per heavy atom. The monoisotopic (exact) mass is 1900 g/mol. The standard InChI is InChI=1S/2C37H42FN7O4.C29H29F2N7O3/c2*1-37(2)23-45(36(47)25-3-9-30(46)18-25)20-31(38)34(37)49-32-10-4-24(17-26(32)19-39)35-40-12-11-33(42-35)41-27-5-7-28(8-6-27)43-13-15-44(16-14-43)29-21-48-22-29;30-29(31)14-24(16-34-28(29)39)41-25-6-1-19(13-20(25)15-32)27-33-8-7-26(36-27)35-21-2-4-22(5-3-21)37-9-11-38(12-10-37)23-17-40-18-23/h2*4-8,10-12,17,25,29,31,34H,3,9,13-16,18,20-23H2,1-2H3,(H,40,41,42);1-8,13,23-24H,9-12,14,16-18H2,(H,34,39)(H,33,35,36)/t25-,31+,34+;25-,31-,34-;/m11./s1. The van der Waals surface area contributed by atoms with Crippen LogP contribution >= 0.6 is 0 Å². The average molecular weight is 1900 g/mol. The van der Waals surface area contributed by atoms with Gasteiger partial charge in [0.15, 0.2) is 29.8 Å². The van der Waals surface area contributed by atoms with Crippen molar-refractivity contribution in [2.24, 2.45) is 22.7 Å². The lowest BCUT2D eigenvalue weighted by molar-refractivity contribution is -0.154.